The van der Waals surface area contributed by atoms with Crippen molar-refractivity contribution in [3.63, 3.8) is 0 Å². The number of hydrogen-bond donors (Lipinski definition) is 1. The van der Waals surface area contributed by atoms with Crippen LogP contribution in [0.15, 0.2) is 27.2 Å². The number of anilines is 1. The second kappa shape index (κ2) is 4.87. The molecule has 0 aliphatic carbocycles. The summed E-state index contributed by atoms with van der Waals surface area (Å²) in [7, 11) is 0. The molecule has 0 fully saturated rings. The first-order valence-electron chi connectivity index (χ1n) is 5.33. The molecule has 0 radical (unpaired) electrons. The first kappa shape index (κ1) is 12.1. The summed E-state index contributed by atoms with van der Waals surface area (Å²) in [4.78, 5) is 0. The predicted octanol–water partition coefficient (Wildman–Crippen LogP) is 3.78. The maximum absolute atomic E-state index is 13.2. The standard InChI is InChI=1S/C12H12BrFN2O/c1-2-3-8-11(17-16-12(8)15)9-6-7(14)4-5-10(9)13/h4-6H,2-3H2,1H3,(H2,15,16). The Morgan fingerprint density at radius 3 is 2.94 bits per heavy atom. The number of rotatable bonds is 3. The van der Waals surface area contributed by atoms with Crippen molar-refractivity contribution in [1.29, 1.82) is 0 Å². The number of nitrogens with two attached hydrogens (primary N) is 1. The molecule has 0 aliphatic heterocycles. The van der Waals surface area contributed by atoms with Crippen molar-refractivity contribution < 1.29 is 8.91 Å². The maximum atomic E-state index is 13.2. The fourth-order valence-corrected chi connectivity index (χ4v) is 2.12. The summed E-state index contributed by atoms with van der Waals surface area (Å²) in [5.74, 6) is 0.592. The van der Waals surface area contributed by atoms with Gasteiger partial charge >= 0.3 is 0 Å². The fraction of sp³-hybridized carbons (Fsp3) is 0.250. The van der Waals surface area contributed by atoms with E-state index in [0.29, 0.717) is 17.1 Å². The van der Waals surface area contributed by atoms with Crippen LogP contribution in [0.25, 0.3) is 11.3 Å². The Kier molecular flexibility index (Phi) is 3.47. The van der Waals surface area contributed by atoms with E-state index in [2.05, 4.69) is 21.1 Å². The van der Waals surface area contributed by atoms with E-state index >= 15 is 0 Å². The first-order valence-corrected chi connectivity index (χ1v) is 6.12. The quantitative estimate of drug-likeness (QED) is 0.938. The Hall–Kier alpha value is -1.36. The van der Waals surface area contributed by atoms with Gasteiger partial charge in [-0.3, -0.25) is 0 Å². The molecule has 0 saturated carbocycles. The summed E-state index contributed by atoms with van der Waals surface area (Å²) in [6, 6.07) is 4.43. The molecule has 2 N–H and O–H groups in total. The highest BCUT2D eigenvalue weighted by atomic mass is 79.9. The number of benzene rings is 1. The largest absolute Gasteiger partial charge is 0.381 e. The minimum absolute atomic E-state index is 0.319. The zero-order valence-corrected chi connectivity index (χ0v) is 10.9. The van der Waals surface area contributed by atoms with Gasteiger partial charge in [0.2, 0.25) is 0 Å². The molecule has 5 heteroatoms. The predicted molar refractivity (Wildman–Crippen MR) is 68.0 cm³/mol. The Bertz CT molecular complexity index is 539. The van der Waals surface area contributed by atoms with Gasteiger partial charge in [-0.15, -0.1) is 0 Å². The SMILES string of the molecule is CCCc1c(N)noc1-c1cc(F)ccc1Br. The van der Waals surface area contributed by atoms with Gasteiger partial charge in [0.25, 0.3) is 0 Å². The van der Waals surface area contributed by atoms with Crippen LogP contribution in [-0.2, 0) is 6.42 Å². The van der Waals surface area contributed by atoms with Gasteiger partial charge < -0.3 is 10.3 Å². The van der Waals surface area contributed by atoms with E-state index in [1.54, 1.807) is 6.07 Å². The molecule has 0 unspecified atom stereocenters. The fourth-order valence-electron chi connectivity index (χ4n) is 1.70. The van der Waals surface area contributed by atoms with Crippen molar-refractivity contribution in [3.05, 3.63) is 34.1 Å². The molecule has 1 aromatic heterocycles. The second-order valence-electron chi connectivity index (χ2n) is 3.75. The highest BCUT2D eigenvalue weighted by Crippen LogP contribution is 2.34. The van der Waals surface area contributed by atoms with Crippen LogP contribution in [0.5, 0.6) is 0 Å². The van der Waals surface area contributed by atoms with E-state index in [9.17, 15) is 4.39 Å². The molecular weight excluding hydrogens is 287 g/mol. The number of nitrogen functional groups attached to an aromatic ring is 1. The summed E-state index contributed by atoms with van der Waals surface area (Å²) in [5.41, 5.74) is 7.21. The van der Waals surface area contributed by atoms with Gasteiger partial charge in [0.15, 0.2) is 11.6 Å². The third kappa shape index (κ3) is 2.34. The van der Waals surface area contributed by atoms with E-state index in [4.69, 9.17) is 10.3 Å². The van der Waals surface area contributed by atoms with E-state index < -0.39 is 0 Å². The lowest BCUT2D eigenvalue weighted by Gasteiger charge is -2.03. The lowest BCUT2D eigenvalue weighted by Crippen LogP contribution is -1.93. The van der Waals surface area contributed by atoms with E-state index in [-0.39, 0.29) is 5.82 Å². The molecule has 0 amide bonds. The van der Waals surface area contributed by atoms with Gasteiger partial charge in [-0.25, -0.2) is 4.39 Å². The summed E-state index contributed by atoms with van der Waals surface area (Å²) in [6.07, 6.45) is 1.68. The Morgan fingerprint density at radius 1 is 1.47 bits per heavy atom. The summed E-state index contributed by atoms with van der Waals surface area (Å²) in [6.45, 7) is 2.04. The minimum Gasteiger partial charge on any atom is -0.381 e. The molecular formula is C12H12BrFN2O. The molecule has 1 heterocycles. The smallest absolute Gasteiger partial charge is 0.173 e. The van der Waals surface area contributed by atoms with E-state index in [1.165, 1.54) is 12.1 Å². The van der Waals surface area contributed by atoms with Crippen molar-refractivity contribution in [2.45, 2.75) is 19.8 Å². The average molecular weight is 299 g/mol. The van der Waals surface area contributed by atoms with Crippen LogP contribution in [0, 0.1) is 5.82 Å². The minimum atomic E-state index is -0.319. The van der Waals surface area contributed by atoms with E-state index in [1.807, 2.05) is 6.92 Å². The zero-order valence-electron chi connectivity index (χ0n) is 9.34. The maximum Gasteiger partial charge on any atom is 0.173 e. The summed E-state index contributed by atoms with van der Waals surface area (Å²) >= 11 is 3.37. The van der Waals surface area contributed by atoms with Crippen molar-refractivity contribution in [3.8, 4) is 11.3 Å². The molecule has 0 spiro atoms. The van der Waals surface area contributed by atoms with Gasteiger partial charge in [-0.05, 0) is 24.6 Å². The Morgan fingerprint density at radius 2 is 2.24 bits per heavy atom. The number of halogens is 2. The van der Waals surface area contributed by atoms with Crippen LogP contribution >= 0.6 is 15.9 Å². The molecule has 90 valence electrons. The van der Waals surface area contributed by atoms with Crippen molar-refractivity contribution in [1.82, 2.24) is 5.16 Å². The highest BCUT2D eigenvalue weighted by molar-refractivity contribution is 9.10. The molecule has 17 heavy (non-hydrogen) atoms. The topological polar surface area (TPSA) is 52.0 Å². The van der Waals surface area contributed by atoms with Crippen molar-refractivity contribution in [2.24, 2.45) is 0 Å². The Labute approximate surface area is 107 Å². The van der Waals surface area contributed by atoms with E-state index in [0.717, 1.165) is 22.9 Å². The molecule has 0 aliphatic rings. The lowest BCUT2D eigenvalue weighted by molar-refractivity contribution is 0.434. The normalized spacial score (nSPS) is 10.8. The van der Waals surface area contributed by atoms with Crippen LogP contribution in [-0.4, -0.2) is 5.16 Å². The number of hydrogen-bond acceptors (Lipinski definition) is 3. The molecule has 3 nitrogen and oxygen atoms in total. The van der Waals surface area contributed by atoms with Crippen LogP contribution in [0.4, 0.5) is 10.2 Å². The van der Waals surface area contributed by atoms with Gasteiger partial charge in [-0.1, -0.05) is 34.4 Å². The third-order valence-corrected chi connectivity index (χ3v) is 3.18. The molecule has 2 rings (SSSR count). The van der Waals surface area contributed by atoms with Gasteiger partial charge in [-0.2, -0.15) is 0 Å². The second-order valence-corrected chi connectivity index (χ2v) is 4.60. The molecule has 1 aromatic carbocycles. The van der Waals surface area contributed by atoms with Crippen LogP contribution in [0.2, 0.25) is 0 Å². The molecule has 0 saturated heterocycles. The van der Waals surface area contributed by atoms with Gasteiger partial charge in [0, 0.05) is 15.6 Å². The molecule has 0 atom stereocenters. The molecule has 2 aromatic rings. The number of aromatic nitrogens is 1. The third-order valence-electron chi connectivity index (χ3n) is 2.49. The van der Waals surface area contributed by atoms with Gasteiger partial charge in [0.1, 0.15) is 5.82 Å². The number of nitrogens with zero attached hydrogens (tertiary/aromatic N) is 1. The van der Waals surface area contributed by atoms with Crippen LogP contribution in [0.1, 0.15) is 18.9 Å². The summed E-state index contributed by atoms with van der Waals surface area (Å²) in [5, 5.41) is 3.74. The summed E-state index contributed by atoms with van der Waals surface area (Å²) < 4.78 is 19.2. The monoisotopic (exact) mass is 298 g/mol. The lowest BCUT2D eigenvalue weighted by atomic mass is 10.0. The van der Waals surface area contributed by atoms with Crippen molar-refractivity contribution in [2.75, 3.05) is 5.73 Å². The first-order chi connectivity index (χ1) is 8.13. The molecule has 0 bridgehead atoms. The average Bonchev–Trinajstić information content (AvgIpc) is 2.65. The van der Waals surface area contributed by atoms with Gasteiger partial charge in [0.05, 0.1) is 0 Å². The van der Waals surface area contributed by atoms with Crippen LogP contribution < -0.4 is 5.73 Å². The Balaban J connectivity index is 2.56. The van der Waals surface area contributed by atoms with Crippen LogP contribution in [0.3, 0.4) is 0 Å². The highest BCUT2D eigenvalue weighted by Gasteiger charge is 2.17. The zero-order chi connectivity index (χ0) is 12.4. The van der Waals surface area contributed by atoms with Crippen molar-refractivity contribution >= 4 is 21.7 Å².